The predicted octanol–water partition coefficient (Wildman–Crippen LogP) is 5.18. The van der Waals surface area contributed by atoms with Gasteiger partial charge >= 0.3 is 0 Å². The highest BCUT2D eigenvalue weighted by Crippen LogP contribution is 2.20. The van der Waals surface area contributed by atoms with Crippen LogP contribution < -0.4 is 0 Å². The number of nitrogens with zero attached hydrogens (tertiary/aromatic N) is 1. The molecule has 0 saturated carbocycles. The molecule has 0 amide bonds. The lowest BCUT2D eigenvalue weighted by atomic mass is 10.1. The van der Waals surface area contributed by atoms with Crippen LogP contribution in [0.4, 0.5) is 0 Å². The zero-order valence-electron chi connectivity index (χ0n) is 16.9. The molecule has 1 aliphatic rings. The van der Waals surface area contributed by atoms with E-state index in [0.717, 1.165) is 12.8 Å². The highest BCUT2D eigenvalue weighted by atomic mass is 16.5. The van der Waals surface area contributed by atoms with Gasteiger partial charge in [0.25, 0.3) is 0 Å². The monoisotopic (exact) mass is 367 g/mol. The van der Waals surface area contributed by atoms with Gasteiger partial charge in [0.15, 0.2) is 5.90 Å². The van der Waals surface area contributed by atoms with Crippen LogP contribution in [0.25, 0.3) is 0 Å². The third-order valence-corrected chi connectivity index (χ3v) is 5.11. The Bertz CT molecular complexity index is 389. The van der Waals surface area contributed by atoms with Crippen LogP contribution in [0.1, 0.15) is 96.8 Å². The molecule has 26 heavy (non-hydrogen) atoms. The number of aliphatic imine (C=N–C) groups is 1. The number of hydrogen-bond donors (Lipinski definition) is 2. The molecular weight excluding hydrogens is 326 g/mol. The maximum absolute atomic E-state index is 9.29. The lowest BCUT2D eigenvalue weighted by Gasteiger charge is -2.16. The summed E-state index contributed by atoms with van der Waals surface area (Å²) in [6, 6.07) is 0. The molecule has 152 valence electrons. The minimum absolute atomic E-state index is 0.153. The van der Waals surface area contributed by atoms with Crippen molar-refractivity contribution in [3.05, 3.63) is 12.2 Å². The van der Waals surface area contributed by atoms with Gasteiger partial charge in [0, 0.05) is 6.42 Å². The van der Waals surface area contributed by atoms with E-state index >= 15 is 0 Å². The van der Waals surface area contributed by atoms with Gasteiger partial charge in [0.2, 0.25) is 0 Å². The highest BCUT2D eigenvalue weighted by molar-refractivity contribution is 5.78. The van der Waals surface area contributed by atoms with Gasteiger partial charge in [-0.25, -0.2) is 4.99 Å². The van der Waals surface area contributed by atoms with Crippen LogP contribution in [-0.2, 0) is 4.74 Å². The summed E-state index contributed by atoms with van der Waals surface area (Å²) in [5.41, 5.74) is -0.794. The summed E-state index contributed by atoms with van der Waals surface area (Å²) in [6.07, 6.45) is 22.3. The van der Waals surface area contributed by atoms with Gasteiger partial charge in [0.1, 0.15) is 12.1 Å². The summed E-state index contributed by atoms with van der Waals surface area (Å²) in [5.74, 6) is 0.700. The van der Waals surface area contributed by atoms with Crippen molar-refractivity contribution in [2.75, 3.05) is 19.8 Å². The molecule has 4 heteroatoms. The summed E-state index contributed by atoms with van der Waals surface area (Å²) in [4.78, 5) is 4.35. The van der Waals surface area contributed by atoms with Crippen molar-refractivity contribution < 1.29 is 14.9 Å². The average molecular weight is 368 g/mol. The first kappa shape index (κ1) is 23.2. The van der Waals surface area contributed by atoms with E-state index in [-0.39, 0.29) is 13.2 Å². The largest absolute Gasteiger partial charge is 0.478 e. The molecule has 0 fully saturated rings. The fourth-order valence-electron chi connectivity index (χ4n) is 3.23. The Morgan fingerprint density at radius 2 is 1.38 bits per heavy atom. The van der Waals surface area contributed by atoms with E-state index in [1.54, 1.807) is 0 Å². The summed E-state index contributed by atoms with van der Waals surface area (Å²) < 4.78 is 5.49. The Balaban J connectivity index is 1.87. The van der Waals surface area contributed by atoms with Gasteiger partial charge in [-0.15, -0.1) is 0 Å². The fraction of sp³-hybridized carbons (Fsp3) is 0.864. The maximum atomic E-state index is 9.29. The van der Waals surface area contributed by atoms with Crippen molar-refractivity contribution in [2.24, 2.45) is 4.99 Å². The molecule has 0 atom stereocenters. The van der Waals surface area contributed by atoms with E-state index in [2.05, 4.69) is 24.1 Å². The van der Waals surface area contributed by atoms with E-state index in [1.807, 2.05) is 0 Å². The molecule has 0 aliphatic carbocycles. The molecule has 0 unspecified atom stereocenters. The van der Waals surface area contributed by atoms with E-state index in [9.17, 15) is 10.2 Å². The maximum Gasteiger partial charge on any atom is 0.184 e. The van der Waals surface area contributed by atoms with Crippen molar-refractivity contribution >= 4 is 5.90 Å². The van der Waals surface area contributed by atoms with Crippen molar-refractivity contribution in [2.45, 2.75) is 102 Å². The molecule has 0 spiro atoms. The molecule has 2 N–H and O–H groups in total. The number of hydrogen-bond acceptors (Lipinski definition) is 4. The van der Waals surface area contributed by atoms with E-state index in [4.69, 9.17) is 4.74 Å². The van der Waals surface area contributed by atoms with E-state index in [1.165, 1.54) is 77.0 Å². The van der Waals surface area contributed by atoms with Gasteiger partial charge < -0.3 is 14.9 Å². The van der Waals surface area contributed by atoms with Gasteiger partial charge in [-0.05, 0) is 32.1 Å². The standard InChI is InChI=1S/C22H41NO3/c1-2-3-4-5-6-7-8-9-10-11-12-13-14-15-16-17-21-23-22(18-24,19-25)20-26-21/h9-10,24-25H,2-8,11-20H2,1H3. The first-order chi connectivity index (χ1) is 12.8. The quantitative estimate of drug-likeness (QED) is 0.275. The zero-order chi connectivity index (χ0) is 18.9. The van der Waals surface area contributed by atoms with Gasteiger partial charge in [-0.2, -0.15) is 0 Å². The van der Waals surface area contributed by atoms with Crippen LogP contribution in [-0.4, -0.2) is 41.5 Å². The Kier molecular flexibility index (Phi) is 13.6. The number of rotatable bonds is 17. The third-order valence-electron chi connectivity index (χ3n) is 5.11. The molecule has 0 aromatic heterocycles. The van der Waals surface area contributed by atoms with Gasteiger partial charge in [-0.1, -0.05) is 70.4 Å². The summed E-state index contributed by atoms with van der Waals surface area (Å²) in [6.45, 7) is 2.26. The topological polar surface area (TPSA) is 62.1 Å². The van der Waals surface area contributed by atoms with Crippen LogP contribution in [0, 0.1) is 0 Å². The number of allylic oxidation sites excluding steroid dienone is 2. The highest BCUT2D eigenvalue weighted by Gasteiger charge is 2.35. The molecule has 1 heterocycles. The van der Waals surface area contributed by atoms with Crippen LogP contribution in [0.15, 0.2) is 17.1 Å². The summed E-state index contributed by atoms with van der Waals surface area (Å²) in [7, 11) is 0. The van der Waals surface area contributed by atoms with Crippen LogP contribution >= 0.6 is 0 Å². The molecule has 0 bridgehead atoms. The van der Waals surface area contributed by atoms with Gasteiger partial charge in [0.05, 0.1) is 13.2 Å². The van der Waals surface area contributed by atoms with Crippen molar-refractivity contribution in [3.8, 4) is 0 Å². The third kappa shape index (κ3) is 10.3. The number of ether oxygens (including phenoxy) is 1. The second kappa shape index (κ2) is 15.2. The van der Waals surface area contributed by atoms with Gasteiger partial charge in [-0.3, -0.25) is 0 Å². The predicted molar refractivity (Wildman–Crippen MR) is 110 cm³/mol. The van der Waals surface area contributed by atoms with Crippen molar-refractivity contribution in [1.82, 2.24) is 0 Å². The number of aliphatic hydroxyl groups is 2. The molecule has 0 saturated heterocycles. The minimum Gasteiger partial charge on any atom is -0.478 e. The fourth-order valence-corrected chi connectivity index (χ4v) is 3.23. The van der Waals surface area contributed by atoms with Crippen molar-refractivity contribution in [1.29, 1.82) is 0 Å². The molecule has 0 aromatic carbocycles. The molecular formula is C22H41NO3. The molecule has 0 radical (unpaired) electrons. The van der Waals surface area contributed by atoms with Crippen LogP contribution in [0.3, 0.4) is 0 Å². The first-order valence-corrected chi connectivity index (χ1v) is 10.8. The average Bonchev–Trinajstić information content (AvgIpc) is 3.09. The normalized spacial score (nSPS) is 16.2. The lowest BCUT2D eigenvalue weighted by molar-refractivity contribution is 0.0972. The summed E-state index contributed by atoms with van der Waals surface area (Å²) in [5, 5.41) is 18.6. The van der Waals surface area contributed by atoms with Crippen LogP contribution in [0.5, 0.6) is 0 Å². The minimum atomic E-state index is -0.794. The van der Waals surface area contributed by atoms with Crippen LogP contribution in [0.2, 0.25) is 0 Å². The smallest absolute Gasteiger partial charge is 0.184 e. The molecule has 4 nitrogen and oxygen atoms in total. The Morgan fingerprint density at radius 1 is 0.846 bits per heavy atom. The second-order valence-corrected chi connectivity index (χ2v) is 7.67. The summed E-state index contributed by atoms with van der Waals surface area (Å²) >= 11 is 0. The zero-order valence-corrected chi connectivity index (χ0v) is 16.9. The molecule has 1 rings (SSSR count). The van der Waals surface area contributed by atoms with Crippen molar-refractivity contribution in [3.63, 3.8) is 0 Å². The Morgan fingerprint density at radius 3 is 1.92 bits per heavy atom. The Labute approximate surface area is 160 Å². The molecule has 1 aliphatic heterocycles. The Hall–Kier alpha value is -0.870. The van der Waals surface area contributed by atoms with E-state index < -0.39 is 5.54 Å². The van der Waals surface area contributed by atoms with E-state index in [0.29, 0.717) is 12.5 Å². The second-order valence-electron chi connectivity index (χ2n) is 7.67. The molecule has 0 aromatic rings. The number of unbranched alkanes of at least 4 members (excludes halogenated alkanes) is 11. The number of aliphatic hydroxyl groups excluding tert-OH is 2. The lowest BCUT2D eigenvalue weighted by Crippen LogP contribution is -2.37. The first-order valence-electron chi connectivity index (χ1n) is 10.8. The SMILES string of the molecule is CCCCCCCCC=CCCCCCCCC1=NC(CO)(CO)CO1.